The number of carboxylic acid groups (broad SMARTS) is 1. The summed E-state index contributed by atoms with van der Waals surface area (Å²) in [5, 5.41) is 8.91. The number of ether oxygens (including phenoxy) is 1. The van der Waals surface area contributed by atoms with Gasteiger partial charge >= 0.3 is 5.97 Å². The number of nitrogens with one attached hydrogen (secondary N) is 2. The lowest BCUT2D eigenvalue weighted by Gasteiger charge is -2.16. The second-order valence-electron chi connectivity index (χ2n) is 4.32. The van der Waals surface area contributed by atoms with E-state index in [1.165, 1.54) is 6.92 Å². The molecule has 0 bridgehead atoms. The zero-order valence-corrected chi connectivity index (χ0v) is 12.7. The van der Waals surface area contributed by atoms with Gasteiger partial charge in [-0.1, -0.05) is 11.6 Å². The fourth-order valence-corrected chi connectivity index (χ4v) is 1.63. The number of hydrazine groups is 1. The number of aryl methyl sites for hydroxylation is 1. The van der Waals surface area contributed by atoms with Crippen molar-refractivity contribution < 1.29 is 24.2 Å². The van der Waals surface area contributed by atoms with Crippen molar-refractivity contribution in [3.05, 3.63) is 40.9 Å². The summed E-state index contributed by atoms with van der Waals surface area (Å²) in [5.74, 6) is -2.14. The third kappa shape index (κ3) is 5.84. The molecule has 0 aliphatic carbocycles. The van der Waals surface area contributed by atoms with E-state index >= 15 is 0 Å². The Morgan fingerprint density at radius 2 is 1.95 bits per heavy atom. The van der Waals surface area contributed by atoms with Crippen LogP contribution in [0.1, 0.15) is 12.5 Å². The van der Waals surface area contributed by atoms with Gasteiger partial charge in [-0.2, -0.15) is 0 Å². The summed E-state index contributed by atoms with van der Waals surface area (Å²) < 4.78 is 5.46. The number of hydrogen-bond donors (Lipinski definition) is 3. The molecule has 22 heavy (non-hydrogen) atoms. The van der Waals surface area contributed by atoms with Gasteiger partial charge < -0.3 is 9.84 Å². The lowest BCUT2D eigenvalue weighted by atomic mass is 10.2. The molecule has 8 heteroatoms. The third-order valence-electron chi connectivity index (χ3n) is 2.50. The van der Waals surface area contributed by atoms with Crippen molar-refractivity contribution in [1.82, 2.24) is 10.9 Å². The third-order valence-corrected chi connectivity index (χ3v) is 2.73. The normalized spacial score (nSPS) is 11.8. The van der Waals surface area contributed by atoms with E-state index in [1.54, 1.807) is 25.1 Å². The van der Waals surface area contributed by atoms with E-state index in [-0.39, 0.29) is 0 Å². The van der Waals surface area contributed by atoms with E-state index in [0.717, 1.165) is 11.6 Å². The van der Waals surface area contributed by atoms with Gasteiger partial charge in [0.05, 0.1) is 0 Å². The number of carboxylic acids is 1. The zero-order chi connectivity index (χ0) is 16.7. The number of amides is 2. The topological polar surface area (TPSA) is 105 Å². The maximum atomic E-state index is 11.8. The molecule has 118 valence electrons. The largest absolute Gasteiger partial charge is 0.481 e. The van der Waals surface area contributed by atoms with Gasteiger partial charge in [0.2, 0.25) is 0 Å². The predicted octanol–water partition coefficient (Wildman–Crippen LogP) is 1.20. The molecule has 0 radical (unpaired) electrons. The molecule has 0 fully saturated rings. The molecule has 0 saturated carbocycles. The summed E-state index contributed by atoms with van der Waals surface area (Å²) >= 11 is 5.82. The molecule has 1 unspecified atom stereocenters. The molecule has 3 N–H and O–H groups in total. The van der Waals surface area contributed by atoms with Gasteiger partial charge in [0.1, 0.15) is 5.75 Å². The number of aliphatic carboxylic acids is 1. The van der Waals surface area contributed by atoms with Gasteiger partial charge in [-0.15, -0.1) is 0 Å². The Morgan fingerprint density at radius 1 is 1.27 bits per heavy atom. The first-order valence-electron chi connectivity index (χ1n) is 6.23. The van der Waals surface area contributed by atoms with Crippen LogP contribution in [-0.2, 0) is 14.4 Å². The summed E-state index contributed by atoms with van der Waals surface area (Å²) in [6.07, 6.45) is 0.555. The standard InChI is InChI=1S/C14H15ClN2O5/c1-8-7-10(15)3-4-11(8)22-9(2)14(21)17-16-12(18)5-6-13(19)20/h3-7,9H,1-2H3,(H,16,18)(H,17,21)(H,19,20)/b6-5+. The average molecular weight is 327 g/mol. The monoisotopic (exact) mass is 326 g/mol. The van der Waals surface area contributed by atoms with Crippen LogP contribution < -0.4 is 15.6 Å². The number of carbonyl (C=O) groups is 3. The second kappa shape index (κ2) is 8.04. The molecule has 2 amide bonds. The molecule has 1 aromatic carbocycles. The second-order valence-corrected chi connectivity index (χ2v) is 4.76. The van der Waals surface area contributed by atoms with Crippen LogP contribution in [-0.4, -0.2) is 29.0 Å². The maximum absolute atomic E-state index is 11.8. The number of halogens is 1. The van der Waals surface area contributed by atoms with E-state index in [1.807, 2.05) is 5.43 Å². The predicted molar refractivity (Wildman–Crippen MR) is 79.3 cm³/mol. The molecule has 0 aromatic heterocycles. The molecule has 0 saturated heterocycles. The first-order chi connectivity index (χ1) is 10.3. The Kier molecular flexibility index (Phi) is 6.40. The molecule has 7 nitrogen and oxygen atoms in total. The number of carbonyl (C=O) groups excluding carboxylic acids is 2. The van der Waals surface area contributed by atoms with Crippen LogP contribution in [0.5, 0.6) is 5.75 Å². The van der Waals surface area contributed by atoms with E-state index in [2.05, 4.69) is 5.43 Å². The maximum Gasteiger partial charge on any atom is 0.328 e. The van der Waals surface area contributed by atoms with Crippen LogP contribution in [0.15, 0.2) is 30.4 Å². The highest BCUT2D eigenvalue weighted by atomic mass is 35.5. The highest BCUT2D eigenvalue weighted by Gasteiger charge is 2.16. The molecule has 1 rings (SSSR count). The first kappa shape index (κ1) is 17.5. The molecule has 0 spiro atoms. The summed E-state index contributed by atoms with van der Waals surface area (Å²) in [4.78, 5) is 33.2. The molecule has 0 aliphatic rings. The number of rotatable bonds is 5. The summed E-state index contributed by atoms with van der Waals surface area (Å²) in [7, 11) is 0. The first-order valence-corrected chi connectivity index (χ1v) is 6.61. The van der Waals surface area contributed by atoms with Crippen LogP contribution in [0.4, 0.5) is 0 Å². The van der Waals surface area contributed by atoms with E-state index in [9.17, 15) is 14.4 Å². The van der Waals surface area contributed by atoms with Crippen molar-refractivity contribution >= 4 is 29.4 Å². The Labute approximate surface area is 131 Å². The lowest BCUT2D eigenvalue weighted by molar-refractivity contribution is -0.132. The van der Waals surface area contributed by atoms with Gasteiger partial charge in [0, 0.05) is 17.2 Å². The Morgan fingerprint density at radius 3 is 2.55 bits per heavy atom. The Bertz CT molecular complexity index is 615. The van der Waals surface area contributed by atoms with Gasteiger partial charge in [0.15, 0.2) is 6.10 Å². The van der Waals surface area contributed by atoms with E-state index < -0.39 is 23.9 Å². The minimum absolute atomic E-state index is 0.490. The molecule has 0 heterocycles. The minimum Gasteiger partial charge on any atom is -0.481 e. The lowest BCUT2D eigenvalue weighted by Crippen LogP contribution is -2.46. The zero-order valence-electron chi connectivity index (χ0n) is 11.9. The van der Waals surface area contributed by atoms with Crippen molar-refractivity contribution in [3.8, 4) is 5.75 Å². The fraction of sp³-hybridized carbons (Fsp3) is 0.214. The number of benzene rings is 1. The van der Waals surface area contributed by atoms with Gasteiger partial charge in [-0.25, -0.2) is 4.79 Å². The van der Waals surface area contributed by atoms with Crippen LogP contribution >= 0.6 is 11.6 Å². The van der Waals surface area contributed by atoms with Crippen LogP contribution in [0, 0.1) is 6.92 Å². The van der Waals surface area contributed by atoms with Crippen LogP contribution in [0.25, 0.3) is 0 Å². The Balaban J connectivity index is 2.51. The number of hydrogen-bond acceptors (Lipinski definition) is 4. The quantitative estimate of drug-likeness (QED) is 0.557. The van der Waals surface area contributed by atoms with E-state index in [4.69, 9.17) is 21.4 Å². The SMILES string of the molecule is Cc1cc(Cl)ccc1OC(C)C(=O)NNC(=O)/C=C/C(=O)O. The minimum atomic E-state index is -1.27. The van der Waals surface area contributed by atoms with Gasteiger partial charge in [-0.3, -0.25) is 20.4 Å². The van der Waals surface area contributed by atoms with Crippen molar-refractivity contribution in [3.63, 3.8) is 0 Å². The molecular weight excluding hydrogens is 312 g/mol. The van der Waals surface area contributed by atoms with Gasteiger partial charge in [0.25, 0.3) is 11.8 Å². The molecule has 1 aromatic rings. The van der Waals surface area contributed by atoms with Crippen LogP contribution in [0.2, 0.25) is 5.02 Å². The van der Waals surface area contributed by atoms with Crippen LogP contribution in [0.3, 0.4) is 0 Å². The molecule has 1 atom stereocenters. The highest BCUT2D eigenvalue weighted by molar-refractivity contribution is 6.30. The van der Waals surface area contributed by atoms with E-state index in [0.29, 0.717) is 16.8 Å². The van der Waals surface area contributed by atoms with Crippen molar-refractivity contribution in [2.45, 2.75) is 20.0 Å². The van der Waals surface area contributed by atoms with Gasteiger partial charge in [-0.05, 0) is 37.6 Å². The Hall–Kier alpha value is -2.54. The summed E-state index contributed by atoms with van der Waals surface area (Å²) in [6.45, 7) is 3.28. The van der Waals surface area contributed by atoms with Crippen molar-refractivity contribution in [2.75, 3.05) is 0 Å². The molecular formula is C14H15ClN2O5. The van der Waals surface area contributed by atoms with Crippen molar-refractivity contribution in [1.29, 1.82) is 0 Å². The molecule has 0 aliphatic heterocycles. The highest BCUT2D eigenvalue weighted by Crippen LogP contribution is 2.22. The fourth-order valence-electron chi connectivity index (χ4n) is 1.40. The van der Waals surface area contributed by atoms with Crippen molar-refractivity contribution in [2.24, 2.45) is 0 Å². The summed E-state index contributed by atoms with van der Waals surface area (Å²) in [6, 6.07) is 4.96. The average Bonchev–Trinajstić information content (AvgIpc) is 2.45. The smallest absolute Gasteiger partial charge is 0.328 e. The summed E-state index contributed by atoms with van der Waals surface area (Å²) in [5.41, 5.74) is 4.93.